The zero-order chi connectivity index (χ0) is 23.7. The average molecular weight is 445 g/mol. The molecule has 0 spiro atoms. The topological polar surface area (TPSA) is 109 Å². The first-order valence-electron chi connectivity index (χ1n) is 9.95. The highest BCUT2D eigenvalue weighted by Gasteiger charge is 2.19. The van der Waals surface area contributed by atoms with Gasteiger partial charge in [-0.2, -0.15) is 0 Å². The van der Waals surface area contributed by atoms with Gasteiger partial charge in [-0.25, -0.2) is 9.59 Å². The number of rotatable bonds is 10. The summed E-state index contributed by atoms with van der Waals surface area (Å²) in [5, 5.41) is 2.70. The van der Waals surface area contributed by atoms with Crippen molar-refractivity contribution in [1.29, 1.82) is 0 Å². The van der Waals surface area contributed by atoms with Crippen LogP contribution < -0.4 is 19.5 Å². The molecule has 0 saturated carbocycles. The smallest absolute Gasteiger partial charge is 0.338 e. The van der Waals surface area contributed by atoms with E-state index in [9.17, 15) is 14.4 Å². The van der Waals surface area contributed by atoms with Gasteiger partial charge in [-0.15, -0.1) is 0 Å². The van der Waals surface area contributed by atoms with E-state index in [4.69, 9.17) is 23.7 Å². The zero-order valence-electron chi connectivity index (χ0n) is 18.8. The highest BCUT2D eigenvalue weighted by Crippen LogP contribution is 2.40. The first-order valence-corrected chi connectivity index (χ1v) is 9.95. The Kier molecular flexibility index (Phi) is 8.88. The van der Waals surface area contributed by atoms with E-state index in [2.05, 4.69) is 5.32 Å². The van der Waals surface area contributed by atoms with Crippen molar-refractivity contribution in [2.24, 2.45) is 0 Å². The van der Waals surface area contributed by atoms with Gasteiger partial charge in [0.1, 0.15) is 0 Å². The van der Waals surface area contributed by atoms with E-state index in [1.165, 1.54) is 39.5 Å². The average Bonchev–Trinajstić information content (AvgIpc) is 2.78. The normalized spacial score (nSPS) is 10.2. The molecule has 0 aliphatic rings. The number of amides is 1. The summed E-state index contributed by atoms with van der Waals surface area (Å²) in [5.74, 6) is -0.420. The molecule has 1 amide bonds. The molecule has 0 unspecified atom stereocenters. The number of ether oxygens (including phenoxy) is 5. The zero-order valence-corrected chi connectivity index (χ0v) is 18.8. The van der Waals surface area contributed by atoms with Gasteiger partial charge in [0, 0.05) is 11.3 Å². The third kappa shape index (κ3) is 5.90. The Labute approximate surface area is 186 Å². The van der Waals surface area contributed by atoms with Crippen LogP contribution in [0.4, 0.5) is 5.69 Å². The standard InChI is InChI=1S/C23H27NO8/c1-6-31-22(26)15-10-16(23(27)32-7-2)12-17(11-15)24-19(25)13-14-8-9-18(28-3)21(30-5)20(14)29-4/h8-12H,6-7,13H2,1-5H3,(H,24,25). The quantitative estimate of drug-likeness (QED) is 0.555. The lowest BCUT2D eigenvalue weighted by Crippen LogP contribution is -2.17. The van der Waals surface area contributed by atoms with Crippen LogP contribution in [-0.2, 0) is 20.7 Å². The second-order valence-electron chi connectivity index (χ2n) is 6.46. The molecule has 32 heavy (non-hydrogen) atoms. The molecule has 0 heterocycles. The summed E-state index contributed by atoms with van der Waals surface area (Å²) in [4.78, 5) is 37.1. The lowest BCUT2D eigenvalue weighted by atomic mass is 10.1. The highest BCUT2D eigenvalue weighted by atomic mass is 16.5. The van der Waals surface area contributed by atoms with Gasteiger partial charge >= 0.3 is 11.9 Å². The number of esters is 2. The lowest BCUT2D eigenvalue weighted by Gasteiger charge is -2.16. The predicted molar refractivity (Wildman–Crippen MR) is 117 cm³/mol. The maximum atomic E-state index is 12.7. The summed E-state index contributed by atoms with van der Waals surface area (Å²) in [6.45, 7) is 3.69. The van der Waals surface area contributed by atoms with Gasteiger partial charge in [0.25, 0.3) is 0 Å². The van der Waals surface area contributed by atoms with E-state index >= 15 is 0 Å². The number of carbonyl (C=O) groups is 3. The maximum absolute atomic E-state index is 12.7. The summed E-state index contributed by atoms with van der Waals surface area (Å²) in [7, 11) is 4.44. The third-order valence-electron chi connectivity index (χ3n) is 4.38. The van der Waals surface area contributed by atoms with Crippen LogP contribution in [0.5, 0.6) is 17.2 Å². The number of nitrogens with one attached hydrogen (secondary N) is 1. The fourth-order valence-corrected chi connectivity index (χ4v) is 3.04. The Morgan fingerprint density at radius 3 is 1.81 bits per heavy atom. The van der Waals surface area contributed by atoms with Crippen LogP contribution in [0.3, 0.4) is 0 Å². The molecule has 0 aromatic heterocycles. The molecular weight excluding hydrogens is 418 g/mol. The van der Waals surface area contributed by atoms with Crippen LogP contribution in [-0.4, -0.2) is 52.4 Å². The Bertz CT molecular complexity index is 950. The van der Waals surface area contributed by atoms with Gasteiger partial charge in [-0.1, -0.05) is 6.07 Å². The molecular formula is C23H27NO8. The maximum Gasteiger partial charge on any atom is 0.338 e. The Hall–Kier alpha value is -3.75. The molecule has 172 valence electrons. The van der Waals surface area contributed by atoms with Crippen molar-refractivity contribution in [2.45, 2.75) is 20.3 Å². The minimum Gasteiger partial charge on any atom is -0.493 e. The number of anilines is 1. The van der Waals surface area contributed by atoms with E-state index in [1.807, 2.05) is 0 Å². The van der Waals surface area contributed by atoms with Gasteiger partial charge in [0.15, 0.2) is 11.5 Å². The largest absolute Gasteiger partial charge is 0.493 e. The van der Waals surface area contributed by atoms with Crippen LogP contribution in [0.1, 0.15) is 40.1 Å². The number of hydrogen-bond donors (Lipinski definition) is 1. The molecule has 0 aliphatic heterocycles. The van der Waals surface area contributed by atoms with Crippen molar-refractivity contribution >= 4 is 23.5 Å². The summed E-state index contributed by atoms with van der Waals surface area (Å²) >= 11 is 0. The highest BCUT2D eigenvalue weighted by molar-refractivity contribution is 6.00. The summed E-state index contributed by atoms with van der Waals surface area (Å²) in [5.41, 5.74) is 1.06. The molecule has 0 saturated heterocycles. The van der Waals surface area contributed by atoms with Gasteiger partial charge in [-0.05, 0) is 38.1 Å². The summed E-state index contributed by atoms with van der Waals surface area (Å²) in [6, 6.07) is 7.60. The first kappa shape index (κ1) is 24.5. The third-order valence-corrected chi connectivity index (χ3v) is 4.38. The molecule has 2 aromatic rings. The molecule has 0 radical (unpaired) electrons. The molecule has 2 aromatic carbocycles. The molecule has 2 rings (SSSR count). The number of carbonyl (C=O) groups excluding carboxylic acids is 3. The predicted octanol–water partition coefficient (Wildman–Crippen LogP) is 3.25. The van der Waals surface area contributed by atoms with Gasteiger partial charge in [0.2, 0.25) is 11.7 Å². The van der Waals surface area contributed by atoms with Crippen molar-refractivity contribution in [3.05, 3.63) is 47.0 Å². The Morgan fingerprint density at radius 1 is 0.781 bits per heavy atom. The fraction of sp³-hybridized carbons (Fsp3) is 0.348. The number of benzene rings is 2. The minimum absolute atomic E-state index is 0.0537. The molecule has 0 atom stereocenters. The Morgan fingerprint density at radius 2 is 1.34 bits per heavy atom. The van der Waals surface area contributed by atoms with Crippen molar-refractivity contribution in [1.82, 2.24) is 0 Å². The van der Waals surface area contributed by atoms with Crippen LogP contribution in [0.15, 0.2) is 30.3 Å². The molecule has 1 N–H and O–H groups in total. The van der Waals surface area contributed by atoms with Crippen molar-refractivity contribution in [2.75, 3.05) is 39.9 Å². The van der Waals surface area contributed by atoms with Gasteiger partial charge < -0.3 is 29.0 Å². The van der Waals surface area contributed by atoms with Crippen LogP contribution in [0.25, 0.3) is 0 Å². The molecule has 9 nitrogen and oxygen atoms in total. The van der Waals surface area contributed by atoms with E-state index in [1.54, 1.807) is 26.0 Å². The second kappa shape index (κ2) is 11.6. The molecule has 0 bridgehead atoms. The van der Waals surface area contributed by atoms with Crippen molar-refractivity contribution in [3.63, 3.8) is 0 Å². The van der Waals surface area contributed by atoms with Gasteiger partial charge in [0.05, 0.1) is 52.1 Å². The van der Waals surface area contributed by atoms with E-state index in [0.29, 0.717) is 22.8 Å². The monoisotopic (exact) mass is 445 g/mol. The van der Waals surface area contributed by atoms with Crippen LogP contribution in [0.2, 0.25) is 0 Å². The van der Waals surface area contributed by atoms with Crippen LogP contribution >= 0.6 is 0 Å². The summed E-state index contributed by atoms with van der Waals surface area (Å²) < 4.78 is 26.0. The fourth-order valence-electron chi connectivity index (χ4n) is 3.04. The van der Waals surface area contributed by atoms with E-state index in [-0.39, 0.29) is 36.4 Å². The Balaban J connectivity index is 2.32. The van der Waals surface area contributed by atoms with Crippen molar-refractivity contribution < 1.29 is 38.1 Å². The van der Waals surface area contributed by atoms with E-state index < -0.39 is 17.8 Å². The molecule has 0 fully saturated rings. The molecule has 9 heteroatoms. The number of methoxy groups -OCH3 is 3. The SMILES string of the molecule is CCOC(=O)c1cc(NC(=O)Cc2ccc(OC)c(OC)c2OC)cc(C(=O)OCC)c1. The van der Waals surface area contributed by atoms with E-state index in [0.717, 1.165) is 0 Å². The number of hydrogen-bond acceptors (Lipinski definition) is 8. The first-order chi connectivity index (χ1) is 15.4. The second-order valence-corrected chi connectivity index (χ2v) is 6.46. The van der Waals surface area contributed by atoms with Gasteiger partial charge in [-0.3, -0.25) is 4.79 Å². The van der Waals surface area contributed by atoms with Crippen LogP contribution in [0, 0.1) is 0 Å². The van der Waals surface area contributed by atoms with Crippen molar-refractivity contribution in [3.8, 4) is 17.2 Å². The summed E-state index contributed by atoms with van der Waals surface area (Å²) in [6.07, 6.45) is -0.0537. The lowest BCUT2D eigenvalue weighted by molar-refractivity contribution is -0.115. The molecule has 0 aliphatic carbocycles. The minimum atomic E-state index is -0.615.